The topological polar surface area (TPSA) is 48.0 Å². The summed E-state index contributed by atoms with van der Waals surface area (Å²) in [5, 5.41) is 1.75. The second kappa shape index (κ2) is 5.83. The van der Waals surface area contributed by atoms with E-state index in [0.29, 0.717) is 18.0 Å². The van der Waals surface area contributed by atoms with Crippen LogP contribution >= 0.6 is 0 Å². The van der Waals surface area contributed by atoms with Gasteiger partial charge in [0.2, 0.25) is 5.91 Å². The molecule has 1 aliphatic heterocycles. The molecule has 0 saturated heterocycles. The third-order valence-electron chi connectivity index (χ3n) is 4.13. The van der Waals surface area contributed by atoms with Crippen molar-refractivity contribution < 1.29 is 19.0 Å². The van der Waals surface area contributed by atoms with Crippen molar-refractivity contribution in [2.45, 2.75) is 0 Å². The highest BCUT2D eigenvalue weighted by molar-refractivity contribution is 6.05. The molecule has 2 aromatic carbocycles. The molecule has 23 heavy (non-hydrogen) atoms. The van der Waals surface area contributed by atoms with Crippen LogP contribution in [0.25, 0.3) is 16.3 Å². The number of rotatable bonds is 4. The largest absolute Gasteiger partial charge is 0.496 e. The van der Waals surface area contributed by atoms with Gasteiger partial charge in [-0.15, -0.1) is 0 Å². The van der Waals surface area contributed by atoms with E-state index >= 15 is 0 Å². The minimum atomic E-state index is -0.000225. The second-order valence-corrected chi connectivity index (χ2v) is 5.40. The predicted octanol–water partition coefficient (Wildman–Crippen LogP) is 2.72. The molecule has 0 bridgehead atoms. The lowest BCUT2D eigenvalue weighted by Crippen LogP contribution is -2.19. The van der Waals surface area contributed by atoms with Crippen molar-refractivity contribution in [1.29, 1.82) is 0 Å². The lowest BCUT2D eigenvalue weighted by atomic mass is 9.98. The summed E-state index contributed by atoms with van der Waals surface area (Å²) in [6, 6.07) is 7.65. The van der Waals surface area contributed by atoms with Crippen LogP contribution in [-0.4, -0.2) is 45.7 Å². The normalized spacial score (nSPS) is 14.2. The van der Waals surface area contributed by atoms with E-state index in [0.717, 1.165) is 27.7 Å². The first-order valence-electron chi connectivity index (χ1n) is 7.28. The first kappa shape index (κ1) is 15.2. The zero-order chi connectivity index (χ0) is 16.6. The van der Waals surface area contributed by atoms with E-state index in [9.17, 15) is 4.79 Å². The molecule has 1 amide bonds. The number of benzene rings is 2. The van der Waals surface area contributed by atoms with Crippen molar-refractivity contribution in [1.82, 2.24) is 4.90 Å². The van der Waals surface area contributed by atoms with Gasteiger partial charge in [-0.2, -0.15) is 0 Å². The number of methoxy groups -OCH3 is 3. The SMILES string of the molecule is COc1ccc(OC)c2c(OC)c(C3=CC(=O)N(C)C3)ccc12. The summed E-state index contributed by atoms with van der Waals surface area (Å²) in [4.78, 5) is 13.5. The summed E-state index contributed by atoms with van der Waals surface area (Å²) < 4.78 is 16.6. The highest BCUT2D eigenvalue weighted by Crippen LogP contribution is 2.43. The molecule has 0 N–H and O–H groups in total. The number of hydrogen-bond donors (Lipinski definition) is 0. The highest BCUT2D eigenvalue weighted by atomic mass is 16.5. The maximum absolute atomic E-state index is 11.8. The molecule has 0 unspecified atom stereocenters. The number of carbonyl (C=O) groups excluding carboxylic acids is 1. The monoisotopic (exact) mass is 313 g/mol. The summed E-state index contributed by atoms with van der Waals surface area (Å²) in [5.41, 5.74) is 1.82. The van der Waals surface area contributed by atoms with E-state index in [1.807, 2.05) is 24.3 Å². The molecule has 0 fully saturated rings. The smallest absolute Gasteiger partial charge is 0.246 e. The fourth-order valence-corrected chi connectivity index (χ4v) is 2.97. The second-order valence-electron chi connectivity index (χ2n) is 5.40. The van der Waals surface area contributed by atoms with Gasteiger partial charge >= 0.3 is 0 Å². The third kappa shape index (κ3) is 2.38. The Kier molecular flexibility index (Phi) is 3.86. The van der Waals surface area contributed by atoms with Gasteiger partial charge in [-0.25, -0.2) is 0 Å². The summed E-state index contributed by atoms with van der Waals surface area (Å²) in [6.45, 7) is 0.562. The van der Waals surface area contributed by atoms with Crippen LogP contribution in [0.4, 0.5) is 0 Å². The average Bonchev–Trinajstić information content (AvgIpc) is 2.91. The Hall–Kier alpha value is -2.69. The molecule has 5 nitrogen and oxygen atoms in total. The maximum Gasteiger partial charge on any atom is 0.246 e. The van der Waals surface area contributed by atoms with Crippen LogP contribution in [0, 0.1) is 0 Å². The molecule has 0 radical (unpaired) electrons. The lowest BCUT2D eigenvalue weighted by Gasteiger charge is -2.17. The number of hydrogen-bond acceptors (Lipinski definition) is 4. The predicted molar refractivity (Wildman–Crippen MR) is 89.2 cm³/mol. The van der Waals surface area contributed by atoms with Crippen molar-refractivity contribution in [2.75, 3.05) is 34.9 Å². The number of likely N-dealkylation sites (N-methyl/N-ethyl adjacent to an activating group) is 1. The number of nitrogens with zero attached hydrogens (tertiary/aromatic N) is 1. The first-order chi connectivity index (χ1) is 11.1. The van der Waals surface area contributed by atoms with Gasteiger partial charge in [-0.1, -0.05) is 6.07 Å². The Balaban J connectivity index is 2.30. The lowest BCUT2D eigenvalue weighted by molar-refractivity contribution is -0.123. The van der Waals surface area contributed by atoms with E-state index in [4.69, 9.17) is 14.2 Å². The van der Waals surface area contributed by atoms with Crippen molar-refractivity contribution in [2.24, 2.45) is 0 Å². The molecular formula is C18H19NO4. The van der Waals surface area contributed by atoms with E-state index in [-0.39, 0.29) is 5.91 Å². The van der Waals surface area contributed by atoms with Crippen molar-refractivity contribution in [3.63, 3.8) is 0 Å². The van der Waals surface area contributed by atoms with Crippen LogP contribution in [0.5, 0.6) is 17.2 Å². The number of fused-ring (bicyclic) bond motifs is 1. The molecular weight excluding hydrogens is 294 g/mol. The van der Waals surface area contributed by atoms with Crippen LogP contribution in [0.2, 0.25) is 0 Å². The molecule has 5 heteroatoms. The van der Waals surface area contributed by atoms with Gasteiger partial charge in [0, 0.05) is 30.6 Å². The Labute approximate surface area is 135 Å². The molecule has 2 aromatic rings. The van der Waals surface area contributed by atoms with Crippen LogP contribution in [0.3, 0.4) is 0 Å². The van der Waals surface area contributed by atoms with Gasteiger partial charge in [0.05, 0.1) is 26.7 Å². The summed E-state index contributed by atoms with van der Waals surface area (Å²) in [7, 11) is 6.66. The fraction of sp³-hybridized carbons (Fsp3) is 0.278. The van der Waals surface area contributed by atoms with Crippen molar-refractivity contribution >= 4 is 22.3 Å². The zero-order valence-electron chi connectivity index (χ0n) is 13.7. The van der Waals surface area contributed by atoms with Gasteiger partial charge in [0.25, 0.3) is 0 Å². The molecule has 0 aliphatic carbocycles. The molecule has 120 valence electrons. The maximum atomic E-state index is 11.8. The Morgan fingerprint density at radius 3 is 2.22 bits per heavy atom. The average molecular weight is 313 g/mol. The van der Waals surface area contributed by atoms with E-state index in [2.05, 4.69) is 0 Å². The molecule has 0 atom stereocenters. The van der Waals surface area contributed by atoms with Crippen LogP contribution in [-0.2, 0) is 4.79 Å². The fourth-order valence-electron chi connectivity index (χ4n) is 2.97. The molecule has 0 aromatic heterocycles. The minimum absolute atomic E-state index is 0.000225. The standard InChI is InChI=1S/C18H19NO4/c1-19-10-11(9-16(19)20)12-5-6-13-14(21-2)7-8-15(22-3)17(13)18(12)23-4/h5-9H,10H2,1-4H3. The Morgan fingerprint density at radius 2 is 1.65 bits per heavy atom. The van der Waals surface area contributed by atoms with E-state index in [1.54, 1.807) is 39.4 Å². The molecule has 0 spiro atoms. The van der Waals surface area contributed by atoms with E-state index < -0.39 is 0 Å². The van der Waals surface area contributed by atoms with Gasteiger partial charge < -0.3 is 19.1 Å². The summed E-state index contributed by atoms with van der Waals surface area (Å²) in [5.74, 6) is 2.14. The molecule has 3 rings (SSSR count). The first-order valence-corrected chi connectivity index (χ1v) is 7.28. The van der Waals surface area contributed by atoms with Crippen molar-refractivity contribution in [3.05, 3.63) is 35.9 Å². The van der Waals surface area contributed by atoms with Gasteiger partial charge in [0.15, 0.2) is 0 Å². The highest BCUT2D eigenvalue weighted by Gasteiger charge is 2.23. The van der Waals surface area contributed by atoms with Gasteiger partial charge in [-0.05, 0) is 23.8 Å². The number of carbonyl (C=O) groups is 1. The van der Waals surface area contributed by atoms with Gasteiger partial charge in [0.1, 0.15) is 17.2 Å². The quantitative estimate of drug-likeness (QED) is 0.871. The van der Waals surface area contributed by atoms with Crippen LogP contribution < -0.4 is 14.2 Å². The summed E-state index contributed by atoms with van der Waals surface area (Å²) >= 11 is 0. The molecule has 1 aliphatic rings. The van der Waals surface area contributed by atoms with Crippen molar-refractivity contribution in [3.8, 4) is 17.2 Å². The molecule has 0 saturated carbocycles. The van der Waals surface area contributed by atoms with Crippen LogP contribution in [0.15, 0.2) is 30.3 Å². The molecule has 1 heterocycles. The minimum Gasteiger partial charge on any atom is -0.496 e. The zero-order valence-corrected chi connectivity index (χ0v) is 13.7. The Bertz CT molecular complexity index is 810. The third-order valence-corrected chi connectivity index (χ3v) is 4.13. The van der Waals surface area contributed by atoms with Crippen LogP contribution in [0.1, 0.15) is 5.56 Å². The number of ether oxygens (including phenoxy) is 3. The Morgan fingerprint density at radius 1 is 0.957 bits per heavy atom. The number of amides is 1. The van der Waals surface area contributed by atoms with Gasteiger partial charge in [-0.3, -0.25) is 4.79 Å². The summed E-state index contributed by atoms with van der Waals surface area (Å²) in [6.07, 6.45) is 1.65. The van der Waals surface area contributed by atoms with E-state index in [1.165, 1.54) is 0 Å².